The van der Waals surface area contributed by atoms with Crippen LogP contribution in [0.1, 0.15) is 23.2 Å². The van der Waals surface area contributed by atoms with Crippen LogP contribution in [0.5, 0.6) is 0 Å². The summed E-state index contributed by atoms with van der Waals surface area (Å²) in [6.07, 6.45) is 2.18. The molecular weight excluding hydrogens is 358 g/mol. The summed E-state index contributed by atoms with van der Waals surface area (Å²) in [5, 5.41) is 3.19. The van der Waals surface area contributed by atoms with Crippen LogP contribution in [0, 0.1) is 0 Å². The second-order valence-electron chi connectivity index (χ2n) is 6.79. The normalized spacial score (nSPS) is 16.1. The summed E-state index contributed by atoms with van der Waals surface area (Å²) in [6.45, 7) is 2.66. The Bertz CT molecular complexity index is 832. The van der Waals surface area contributed by atoms with Crippen molar-refractivity contribution in [2.24, 2.45) is 0 Å². The van der Waals surface area contributed by atoms with Crippen LogP contribution in [-0.4, -0.2) is 48.6 Å². The van der Waals surface area contributed by atoms with Crippen LogP contribution in [0.25, 0.3) is 0 Å². The number of benzene rings is 2. The molecule has 6 heteroatoms. The van der Waals surface area contributed by atoms with Gasteiger partial charge in [0, 0.05) is 41.5 Å². The number of nitrogens with zero attached hydrogens (tertiary/aromatic N) is 2. The zero-order chi connectivity index (χ0) is 18.6. The van der Waals surface area contributed by atoms with Gasteiger partial charge in [0.2, 0.25) is 5.91 Å². The molecule has 2 amide bonds. The van der Waals surface area contributed by atoms with Crippen molar-refractivity contribution in [1.29, 1.82) is 0 Å². The van der Waals surface area contributed by atoms with E-state index in [1.807, 2.05) is 52.3 Å². The predicted molar refractivity (Wildman–Crippen MR) is 110 cm³/mol. The lowest BCUT2D eigenvalue weighted by atomic mass is 10.2. The van der Waals surface area contributed by atoms with E-state index in [1.54, 1.807) is 11.8 Å². The van der Waals surface area contributed by atoms with Gasteiger partial charge in [-0.25, -0.2) is 0 Å². The lowest BCUT2D eigenvalue weighted by molar-refractivity contribution is -0.117. The Morgan fingerprint density at radius 2 is 1.70 bits per heavy atom. The monoisotopic (exact) mass is 381 g/mol. The number of para-hydroxylation sites is 1. The summed E-state index contributed by atoms with van der Waals surface area (Å²) < 4.78 is 0. The van der Waals surface area contributed by atoms with Crippen molar-refractivity contribution in [2.75, 3.05) is 42.1 Å². The number of carbonyl (C=O) groups is 2. The summed E-state index contributed by atoms with van der Waals surface area (Å²) in [4.78, 5) is 30.0. The van der Waals surface area contributed by atoms with Gasteiger partial charge >= 0.3 is 0 Å². The molecule has 1 N–H and O–H groups in total. The molecule has 0 aliphatic carbocycles. The van der Waals surface area contributed by atoms with Crippen LogP contribution in [-0.2, 0) is 4.79 Å². The van der Waals surface area contributed by atoms with Gasteiger partial charge in [0.15, 0.2) is 0 Å². The molecule has 1 saturated heterocycles. The number of hydrogen-bond donors (Lipinski definition) is 1. The van der Waals surface area contributed by atoms with Crippen molar-refractivity contribution in [3.8, 4) is 0 Å². The molecule has 27 heavy (non-hydrogen) atoms. The quantitative estimate of drug-likeness (QED) is 0.881. The van der Waals surface area contributed by atoms with Gasteiger partial charge in [0.1, 0.15) is 0 Å². The van der Waals surface area contributed by atoms with E-state index >= 15 is 0 Å². The lowest BCUT2D eigenvalue weighted by Crippen LogP contribution is -2.39. The third kappa shape index (κ3) is 3.95. The standard InChI is InChI=1S/C21H23N3O2S/c25-20(24-13-14-27-19-6-2-1-5-18(19)24)15-22-17-9-7-16(8-10-17)21(26)23-11-3-4-12-23/h1-2,5-10,22H,3-4,11-15H2. The van der Waals surface area contributed by atoms with Crippen LogP contribution in [0.2, 0.25) is 0 Å². The third-order valence-corrected chi connectivity index (χ3v) is 6.04. The second-order valence-corrected chi connectivity index (χ2v) is 7.93. The molecule has 0 atom stereocenters. The zero-order valence-electron chi connectivity index (χ0n) is 15.2. The lowest BCUT2D eigenvalue weighted by Gasteiger charge is -2.29. The first kappa shape index (κ1) is 17.9. The summed E-state index contributed by atoms with van der Waals surface area (Å²) in [6, 6.07) is 15.4. The molecular formula is C21H23N3O2S. The van der Waals surface area contributed by atoms with Crippen molar-refractivity contribution in [1.82, 2.24) is 4.90 Å². The maximum Gasteiger partial charge on any atom is 0.253 e. The van der Waals surface area contributed by atoms with E-state index in [-0.39, 0.29) is 18.4 Å². The van der Waals surface area contributed by atoms with Crippen molar-refractivity contribution >= 4 is 35.0 Å². The number of anilines is 2. The maximum absolute atomic E-state index is 12.7. The van der Waals surface area contributed by atoms with Crippen LogP contribution in [0.4, 0.5) is 11.4 Å². The van der Waals surface area contributed by atoms with Crippen LogP contribution < -0.4 is 10.2 Å². The van der Waals surface area contributed by atoms with E-state index in [2.05, 4.69) is 11.4 Å². The number of fused-ring (bicyclic) bond motifs is 1. The highest BCUT2D eigenvalue weighted by atomic mass is 32.2. The zero-order valence-corrected chi connectivity index (χ0v) is 16.0. The van der Waals surface area contributed by atoms with Crippen LogP contribution in [0.3, 0.4) is 0 Å². The third-order valence-electron chi connectivity index (χ3n) is 5.00. The van der Waals surface area contributed by atoms with Crippen molar-refractivity contribution < 1.29 is 9.59 Å². The van der Waals surface area contributed by atoms with Crippen molar-refractivity contribution in [3.05, 3.63) is 54.1 Å². The first-order chi connectivity index (χ1) is 13.2. The second kappa shape index (κ2) is 8.05. The minimum Gasteiger partial charge on any atom is -0.376 e. The highest BCUT2D eigenvalue weighted by molar-refractivity contribution is 7.99. The highest BCUT2D eigenvalue weighted by Gasteiger charge is 2.22. The molecule has 140 valence electrons. The number of amides is 2. The highest BCUT2D eigenvalue weighted by Crippen LogP contribution is 2.34. The topological polar surface area (TPSA) is 52.7 Å². The number of likely N-dealkylation sites (tertiary alicyclic amines) is 1. The van der Waals surface area contributed by atoms with Crippen molar-refractivity contribution in [3.63, 3.8) is 0 Å². The minimum absolute atomic E-state index is 0.0555. The van der Waals surface area contributed by atoms with Gasteiger partial charge < -0.3 is 15.1 Å². The number of hydrogen-bond acceptors (Lipinski definition) is 4. The van der Waals surface area contributed by atoms with Crippen LogP contribution in [0.15, 0.2) is 53.4 Å². The number of rotatable bonds is 4. The molecule has 2 heterocycles. The average molecular weight is 382 g/mol. The van der Waals surface area contributed by atoms with Gasteiger partial charge in [-0.3, -0.25) is 9.59 Å². The molecule has 2 aliphatic heterocycles. The Balaban J connectivity index is 1.36. The number of thioether (sulfide) groups is 1. The van der Waals surface area contributed by atoms with E-state index < -0.39 is 0 Å². The van der Waals surface area contributed by atoms with Gasteiger partial charge in [-0.05, 0) is 49.2 Å². The van der Waals surface area contributed by atoms with Gasteiger partial charge in [0.05, 0.1) is 12.2 Å². The summed E-state index contributed by atoms with van der Waals surface area (Å²) in [5.74, 6) is 1.06. The first-order valence-corrected chi connectivity index (χ1v) is 10.4. The molecule has 0 spiro atoms. The van der Waals surface area contributed by atoms with Gasteiger partial charge in [-0.2, -0.15) is 0 Å². The molecule has 1 fully saturated rings. The first-order valence-electron chi connectivity index (χ1n) is 9.38. The number of carbonyl (C=O) groups excluding carboxylic acids is 2. The smallest absolute Gasteiger partial charge is 0.253 e. The fraction of sp³-hybridized carbons (Fsp3) is 0.333. The molecule has 2 aliphatic rings. The minimum atomic E-state index is 0.0555. The Morgan fingerprint density at radius 1 is 0.963 bits per heavy atom. The largest absolute Gasteiger partial charge is 0.376 e. The fourth-order valence-corrected chi connectivity index (χ4v) is 4.53. The average Bonchev–Trinajstić information content (AvgIpc) is 3.26. The van der Waals surface area contributed by atoms with Gasteiger partial charge in [0.25, 0.3) is 5.91 Å². The molecule has 0 saturated carbocycles. The Hall–Kier alpha value is -2.47. The molecule has 2 aromatic carbocycles. The predicted octanol–water partition coefficient (Wildman–Crippen LogP) is 3.47. The van der Waals surface area contributed by atoms with E-state index in [4.69, 9.17) is 0 Å². The van der Waals surface area contributed by atoms with E-state index in [1.165, 1.54) is 0 Å². The van der Waals surface area contributed by atoms with Gasteiger partial charge in [-0.15, -0.1) is 11.8 Å². The van der Waals surface area contributed by atoms with Gasteiger partial charge in [-0.1, -0.05) is 12.1 Å². The fourth-order valence-electron chi connectivity index (χ4n) is 3.54. The molecule has 0 bridgehead atoms. The summed E-state index contributed by atoms with van der Waals surface area (Å²) in [7, 11) is 0. The maximum atomic E-state index is 12.7. The Labute approximate surface area is 163 Å². The number of nitrogens with one attached hydrogen (secondary N) is 1. The molecule has 2 aromatic rings. The Morgan fingerprint density at radius 3 is 2.48 bits per heavy atom. The summed E-state index contributed by atoms with van der Waals surface area (Å²) in [5.41, 5.74) is 2.55. The van der Waals surface area contributed by atoms with E-state index in [0.717, 1.165) is 54.5 Å². The molecule has 5 nitrogen and oxygen atoms in total. The van der Waals surface area contributed by atoms with Crippen molar-refractivity contribution in [2.45, 2.75) is 17.7 Å². The van der Waals surface area contributed by atoms with Crippen LogP contribution >= 0.6 is 11.8 Å². The molecule has 4 rings (SSSR count). The van der Waals surface area contributed by atoms with E-state index in [0.29, 0.717) is 5.56 Å². The molecule has 0 radical (unpaired) electrons. The Kier molecular flexibility index (Phi) is 5.34. The molecule has 0 aromatic heterocycles. The summed E-state index contributed by atoms with van der Waals surface area (Å²) >= 11 is 1.79. The van der Waals surface area contributed by atoms with E-state index in [9.17, 15) is 9.59 Å². The molecule has 0 unspecified atom stereocenters. The SMILES string of the molecule is O=C(c1ccc(NCC(=O)N2CCSc3ccccc32)cc1)N1CCCC1.